The SMILES string of the molecule is CCNc1nnc(C(N)Cc2ccc(O)c(O)c2)n1CC. The molecule has 21 heavy (non-hydrogen) atoms. The van der Waals surface area contributed by atoms with Gasteiger partial charge in [-0.25, -0.2) is 0 Å². The third kappa shape index (κ3) is 3.25. The zero-order chi connectivity index (χ0) is 15.4. The second kappa shape index (κ2) is 6.45. The van der Waals surface area contributed by atoms with Crippen LogP contribution in [-0.4, -0.2) is 31.5 Å². The molecule has 7 nitrogen and oxygen atoms in total. The van der Waals surface area contributed by atoms with Gasteiger partial charge < -0.3 is 21.3 Å². The van der Waals surface area contributed by atoms with E-state index in [4.69, 9.17) is 5.73 Å². The van der Waals surface area contributed by atoms with E-state index >= 15 is 0 Å². The number of aromatic hydroxyl groups is 2. The summed E-state index contributed by atoms with van der Waals surface area (Å²) in [5.74, 6) is 1.11. The minimum absolute atomic E-state index is 0.140. The Kier molecular flexibility index (Phi) is 4.64. The first-order valence-corrected chi connectivity index (χ1v) is 7.00. The average Bonchev–Trinajstić information content (AvgIpc) is 2.86. The number of rotatable bonds is 6. The third-order valence-corrected chi connectivity index (χ3v) is 3.26. The van der Waals surface area contributed by atoms with Crippen LogP contribution < -0.4 is 11.1 Å². The van der Waals surface area contributed by atoms with Crippen LogP contribution in [0.15, 0.2) is 18.2 Å². The highest BCUT2D eigenvalue weighted by molar-refractivity contribution is 5.41. The van der Waals surface area contributed by atoms with Crippen molar-refractivity contribution in [3.63, 3.8) is 0 Å². The van der Waals surface area contributed by atoms with E-state index in [0.717, 1.165) is 18.7 Å². The van der Waals surface area contributed by atoms with Crippen molar-refractivity contribution in [1.29, 1.82) is 0 Å². The molecule has 1 heterocycles. The zero-order valence-electron chi connectivity index (χ0n) is 12.2. The molecular formula is C14H21N5O2. The molecule has 114 valence electrons. The molecule has 0 bridgehead atoms. The minimum Gasteiger partial charge on any atom is -0.504 e. The molecule has 0 fully saturated rings. The summed E-state index contributed by atoms with van der Waals surface area (Å²) in [6, 6.07) is 4.35. The van der Waals surface area contributed by atoms with Crippen molar-refractivity contribution >= 4 is 5.95 Å². The number of hydrogen-bond acceptors (Lipinski definition) is 6. The van der Waals surface area contributed by atoms with Gasteiger partial charge >= 0.3 is 0 Å². The highest BCUT2D eigenvalue weighted by Crippen LogP contribution is 2.27. The number of anilines is 1. The monoisotopic (exact) mass is 291 g/mol. The van der Waals surface area contributed by atoms with Gasteiger partial charge in [-0.15, -0.1) is 10.2 Å². The Bertz CT molecular complexity index is 611. The van der Waals surface area contributed by atoms with Gasteiger partial charge in [0.1, 0.15) is 0 Å². The first kappa shape index (κ1) is 15.1. The van der Waals surface area contributed by atoms with Gasteiger partial charge in [-0.3, -0.25) is 4.57 Å². The Morgan fingerprint density at radius 2 is 2.00 bits per heavy atom. The molecule has 2 aromatic rings. The Labute approximate surface area is 123 Å². The summed E-state index contributed by atoms with van der Waals surface area (Å²) in [5.41, 5.74) is 7.03. The first-order valence-electron chi connectivity index (χ1n) is 7.00. The van der Waals surface area contributed by atoms with Crippen molar-refractivity contribution in [2.75, 3.05) is 11.9 Å². The van der Waals surface area contributed by atoms with Crippen LogP contribution in [0, 0.1) is 0 Å². The number of nitrogens with two attached hydrogens (primary N) is 1. The lowest BCUT2D eigenvalue weighted by Crippen LogP contribution is -2.19. The smallest absolute Gasteiger partial charge is 0.224 e. The molecule has 0 spiro atoms. The summed E-state index contributed by atoms with van der Waals surface area (Å²) in [4.78, 5) is 0. The Balaban J connectivity index is 2.19. The molecule has 1 aromatic carbocycles. The number of phenols is 2. The molecule has 0 aliphatic heterocycles. The molecule has 0 saturated carbocycles. The molecule has 7 heteroatoms. The van der Waals surface area contributed by atoms with Gasteiger partial charge in [-0.2, -0.15) is 0 Å². The number of hydrogen-bond donors (Lipinski definition) is 4. The fourth-order valence-electron chi connectivity index (χ4n) is 2.23. The molecule has 0 radical (unpaired) electrons. The van der Waals surface area contributed by atoms with Crippen LogP contribution in [0.1, 0.15) is 31.3 Å². The number of benzene rings is 1. The predicted octanol–water partition coefficient (Wildman–Crippen LogP) is 1.38. The summed E-state index contributed by atoms with van der Waals surface area (Å²) >= 11 is 0. The van der Waals surface area contributed by atoms with Crippen LogP contribution in [0.25, 0.3) is 0 Å². The summed E-state index contributed by atoms with van der Waals surface area (Å²) < 4.78 is 1.94. The Hall–Kier alpha value is -2.28. The molecule has 2 rings (SSSR count). The van der Waals surface area contributed by atoms with E-state index in [2.05, 4.69) is 15.5 Å². The largest absolute Gasteiger partial charge is 0.504 e. The maximum Gasteiger partial charge on any atom is 0.224 e. The molecule has 1 atom stereocenters. The fraction of sp³-hybridized carbons (Fsp3) is 0.429. The summed E-state index contributed by atoms with van der Waals surface area (Å²) in [5, 5.41) is 30.3. The van der Waals surface area contributed by atoms with E-state index < -0.39 is 0 Å². The van der Waals surface area contributed by atoms with Crippen LogP contribution >= 0.6 is 0 Å². The lowest BCUT2D eigenvalue weighted by molar-refractivity contribution is 0.403. The van der Waals surface area contributed by atoms with Gasteiger partial charge in [-0.05, 0) is 38.0 Å². The van der Waals surface area contributed by atoms with Crippen molar-refractivity contribution in [3.8, 4) is 11.5 Å². The lowest BCUT2D eigenvalue weighted by Gasteiger charge is -2.14. The molecule has 1 aromatic heterocycles. The Morgan fingerprint density at radius 1 is 1.24 bits per heavy atom. The lowest BCUT2D eigenvalue weighted by atomic mass is 10.1. The topological polar surface area (TPSA) is 109 Å². The van der Waals surface area contributed by atoms with E-state index in [-0.39, 0.29) is 17.5 Å². The fourth-order valence-corrected chi connectivity index (χ4v) is 2.23. The van der Waals surface area contributed by atoms with Gasteiger partial charge in [0.2, 0.25) is 5.95 Å². The van der Waals surface area contributed by atoms with Gasteiger partial charge in [-0.1, -0.05) is 6.07 Å². The van der Waals surface area contributed by atoms with Gasteiger partial charge in [0.15, 0.2) is 17.3 Å². The molecule has 0 saturated heterocycles. The number of nitrogens with one attached hydrogen (secondary N) is 1. The van der Waals surface area contributed by atoms with Crippen molar-refractivity contribution in [2.24, 2.45) is 5.73 Å². The first-order chi connectivity index (χ1) is 10.1. The summed E-state index contributed by atoms with van der Waals surface area (Å²) in [6.45, 7) is 5.48. The molecule has 1 unspecified atom stereocenters. The van der Waals surface area contributed by atoms with Crippen LogP contribution in [-0.2, 0) is 13.0 Å². The highest BCUT2D eigenvalue weighted by atomic mass is 16.3. The van der Waals surface area contributed by atoms with E-state index in [1.807, 2.05) is 18.4 Å². The average molecular weight is 291 g/mol. The second-order valence-electron chi connectivity index (χ2n) is 4.79. The van der Waals surface area contributed by atoms with Crippen LogP contribution in [0.3, 0.4) is 0 Å². The molecular weight excluding hydrogens is 270 g/mol. The molecule has 0 aliphatic carbocycles. The van der Waals surface area contributed by atoms with Crippen molar-refractivity contribution < 1.29 is 10.2 Å². The zero-order valence-corrected chi connectivity index (χ0v) is 12.2. The van der Waals surface area contributed by atoms with Crippen molar-refractivity contribution in [1.82, 2.24) is 14.8 Å². The maximum atomic E-state index is 9.52. The summed E-state index contributed by atoms with van der Waals surface area (Å²) in [6.07, 6.45) is 0.498. The van der Waals surface area contributed by atoms with Gasteiger partial charge in [0, 0.05) is 13.1 Å². The number of aromatic nitrogens is 3. The maximum absolute atomic E-state index is 9.52. The Morgan fingerprint density at radius 3 is 2.62 bits per heavy atom. The molecule has 0 aliphatic rings. The van der Waals surface area contributed by atoms with E-state index in [0.29, 0.717) is 18.2 Å². The van der Waals surface area contributed by atoms with Gasteiger partial charge in [0.25, 0.3) is 0 Å². The number of phenolic OH excluding ortho intramolecular Hbond substituents is 2. The summed E-state index contributed by atoms with van der Waals surface area (Å²) in [7, 11) is 0. The normalized spacial score (nSPS) is 12.3. The van der Waals surface area contributed by atoms with E-state index in [1.54, 1.807) is 6.07 Å². The molecule has 0 amide bonds. The number of nitrogens with zero attached hydrogens (tertiary/aromatic N) is 3. The van der Waals surface area contributed by atoms with Gasteiger partial charge in [0.05, 0.1) is 6.04 Å². The highest BCUT2D eigenvalue weighted by Gasteiger charge is 2.17. The van der Waals surface area contributed by atoms with Crippen LogP contribution in [0.2, 0.25) is 0 Å². The minimum atomic E-state index is -0.339. The predicted molar refractivity (Wildman–Crippen MR) is 80.3 cm³/mol. The quantitative estimate of drug-likeness (QED) is 0.599. The molecule has 5 N–H and O–H groups in total. The van der Waals surface area contributed by atoms with Crippen LogP contribution in [0.5, 0.6) is 11.5 Å². The standard InChI is InChI=1S/C14H21N5O2/c1-3-16-14-18-17-13(19(14)4-2)10(15)7-9-5-6-11(20)12(21)8-9/h5-6,8,10,20-21H,3-4,7,15H2,1-2H3,(H,16,18). The van der Waals surface area contributed by atoms with E-state index in [1.165, 1.54) is 12.1 Å². The van der Waals surface area contributed by atoms with E-state index in [9.17, 15) is 10.2 Å². The van der Waals surface area contributed by atoms with Crippen molar-refractivity contribution in [2.45, 2.75) is 32.9 Å². The van der Waals surface area contributed by atoms with Crippen molar-refractivity contribution in [3.05, 3.63) is 29.6 Å². The second-order valence-corrected chi connectivity index (χ2v) is 4.79. The van der Waals surface area contributed by atoms with Crippen LogP contribution in [0.4, 0.5) is 5.95 Å². The third-order valence-electron chi connectivity index (χ3n) is 3.26.